The van der Waals surface area contributed by atoms with Crippen molar-refractivity contribution in [3.05, 3.63) is 0 Å². The molecule has 0 unspecified atom stereocenters. The molecule has 12 bridgehead atoms. The van der Waals surface area contributed by atoms with E-state index >= 15 is 0 Å². The molecule has 69 heavy (non-hydrogen) atoms. The van der Waals surface area contributed by atoms with Crippen molar-refractivity contribution in [1.82, 2.24) is 0 Å². The van der Waals surface area contributed by atoms with Crippen LogP contribution in [0.2, 0.25) is 0 Å². The van der Waals surface area contributed by atoms with Gasteiger partial charge in [-0.2, -0.15) is 0 Å². The summed E-state index contributed by atoms with van der Waals surface area (Å²) in [5.41, 5.74) is 0. The van der Waals surface area contributed by atoms with E-state index in [0.717, 1.165) is 6.08 Å². The highest BCUT2D eigenvalue weighted by molar-refractivity contribution is 5.31. The lowest BCUT2D eigenvalue weighted by atomic mass is 9.94. The van der Waals surface area contributed by atoms with E-state index < -0.39 is 224 Å². The number of rotatable bonds is 8. The minimum absolute atomic E-state index is 1.01. The Morgan fingerprint density at radius 1 is 0.304 bits per heavy atom. The molecule has 22 fully saturated rings. The molecular weight excluding hydrogens is 954 g/mol. The fourth-order valence-corrected chi connectivity index (χ4v) is 9.11. The van der Waals surface area contributed by atoms with E-state index in [1.807, 2.05) is 0 Å². The Balaban J connectivity index is 1.22. The van der Waals surface area contributed by atoms with Crippen LogP contribution in [0.1, 0.15) is 0 Å². The van der Waals surface area contributed by atoms with Crippen molar-refractivity contribution in [2.75, 3.05) is 39.6 Å². The van der Waals surface area contributed by atoms with Gasteiger partial charge in [0.1, 0.15) is 140 Å². The SMILES string of the molecule is O=C=NO[C@@H]1[C@@H](O)[C@H]2O[C@H]3[C@H](O)[C@@H](O)[C@@H](O[C@H]4[C@H](O)[C@@H](O)[C@@H](O[C@H]5[C@H](O)[C@@H](O)[C@@H](O[C@H]6[C@H](O)[C@@H](O)[C@@H](O[C@H]7[C@H](O)[C@@H](O)[C@@H](O[C@H]1[C@@H](CO)O2)O[C@@H]7CO)O[C@@H]6CO)O[C@@H]5CO)O[C@@H]4CO)O[C@@H]3CO. The van der Waals surface area contributed by atoms with E-state index in [1.165, 1.54) is 0 Å². The molecule has 0 aromatic carbocycles. The molecule has 0 amide bonds. The first-order chi connectivity index (χ1) is 33.0. The zero-order valence-electron chi connectivity index (χ0n) is 35.8. The third-order valence-corrected chi connectivity index (χ3v) is 12.9. The molecular formula is C37H59NO31. The van der Waals surface area contributed by atoms with Crippen LogP contribution in [0.5, 0.6) is 0 Å². The maximum Gasteiger partial charge on any atom is 0.276 e. The van der Waals surface area contributed by atoms with Crippen molar-refractivity contribution in [3.63, 3.8) is 0 Å². The molecule has 0 spiro atoms. The molecule has 0 aliphatic carbocycles. The molecule has 22 heterocycles. The van der Waals surface area contributed by atoms with E-state index in [9.17, 15) is 91.6 Å². The van der Waals surface area contributed by atoms with Crippen LogP contribution in [0.25, 0.3) is 0 Å². The second-order valence-corrected chi connectivity index (χ2v) is 17.1. The zero-order valence-corrected chi connectivity index (χ0v) is 35.8. The van der Waals surface area contributed by atoms with E-state index in [-0.39, 0.29) is 0 Å². The van der Waals surface area contributed by atoms with Gasteiger partial charge < -0.3 is 148 Å². The first kappa shape index (κ1) is 54.8. The number of hydrogen-bond donors (Lipinski definition) is 17. The zero-order chi connectivity index (χ0) is 50.2. The lowest BCUT2D eigenvalue weighted by molar-refractivity contribution is -0.405. The molecule has 32 nitrogen and oxygen atoms in total. The topological polar surface area (TPSA) is 493 Å². The average Bonchev–Trinajstić information content (AvgIpc) is 3.34. The van der Waals surface area contributed by atoms with Gasteiger partial charge in [-0.15, -0.1) is 0 Å². The summed E-state index contributed by atoms with van der Waals surface area (Å²) in [6.07, 6.45) is -58.2. The van der Waals surface area contributed by atoms with Crippen LogP contribution in [0.3, 0.4) is 0 Å². The Hall–Kier alpha value is -1.98. The maximum atomic E-state index is 11.5. The summed E-state index contributed by atoms with van der Waals surface area (Å²) < 4.78 is 68.3. The Labute approximate surface area is 388 Å². The Morgan fingerprint density at radius 3 is 0.725 bits per heavy atom. The smallest absolute Gasteiger partial charge is 0.276 e. The lowest BCUT2D eigenvalue weighted by Gasteiger charge is -2.50. The number of ether oxygens (including phenoxy) is 12. The van der Waals surface area contributed by atoms with Gasteiger partial charge in [0.25, 0.3) is 6.08 Å². The largest absolute Gasteiger partial charge is 0.394 e. The lowest BCUT2D eigenvalue weighted by Crippen LogP contribution is -2.69. The van der Waals surface area contributed by atoms with Crippen LogP contribution >= 0.6 is 0 Å². The number of carbonyl (C=O) groups excluding carboxylic acids is 1. The molecule has 17 N–H and O–H groups in total. The van der Waals surface area contributed by atoms with Crippen LogP contribution in [-0.2, 0) is 66.5 Å². The molecule has 22 saturated heterocycles. The summed E-state index contributed by atoms with van der Waals surface area (Å²) in [6.45, 7) is -6.16. The van der Waals surface area contributed by atoms with Gasteiger partial charge in [-0.1, -0.05) is 0 Å². The van der Waals surface area contributed by atoms with Crippen molar-refractivity contribution >= 4 is 6.08 Å². The van der Waals surface area contributed by atoms with Crippen molar-refractivity contribution in [2.45, 2.75) is 184 Å². The van der Waals surface area contributed by atoms with Gasteiger partial charge in [-0.05, 0) is 0 Å². The van der Waals surface area contributed by atoms with E-state index in [4.69, 9.17) is 61.7 Å². The third-order valence-electron chi connectivity index (χ3n) is 12.9. The summed E-state index contributed by atoms with van der Waals surface area (Å²) in [5, 5.41) is 189. The molecule has 398 valence electrons. The average molecular weight is 1010 g/mol. The van der Waals surface area contributed by atoms with Crippen molar-refractivity contribution < 1.29 is 153 Å². The number of aliphatic hydroxyl groups is 17. The van der Waals surface area contributed by atoms with Crippen LogP contribution in [-0.4, -0.2) is 317 Å². The summed E-state index contributed by atoms with van der Waals surface area (Å²) in [5.74, 6) is 0. The molecule has 30 atom stereocenters. The summed E-state index contributed by atoms with van der Waals surface area (Å²) in [7, 11) is 0. The summed E-state index contributed by atoms with van der Waals surface area (Å²) in [4.78, 5) is 16.3. The fraction of sp³-hybridized carbons (Fsp3) is 0.973. The highest BCUT2D eigenvalue weighted by Crippen LogP contribution is 2.38. The van der Waals surface area contributed by atoms with Crippen molar-refractivity contribution in [1.29, 1.82) is 0 Å². The van der Waals surface area contributed by atoms with E-state index in [0.29, 0.717) is 0 Å². The molecule has 0 saturated carbocycles. The summed E-state index contributed by atoms with van der Waals surface area (Å²) >= 11 is 0. The van der Waals surface area contributed by atoms with Crippen molar-refractivity contribution in [3.8, 4) is 0 Å². The van der Waals surface area contributed by atoms with E-state index in [2.05, 4.69) is 5.16 Å². The quantitative estimate of drug-likeness (QED) is 0.0610. The molecule has 22 aliphatic rings. The highest BCUT2D eigenvalue weighted by atomic mass is 16.8. The van der Waals surface area contributed by atoms with Gasteiger partial charge in [0, 0.05) is 5.16 Å². The monoisotopic (exact) mass is 1010 g/mol. The van der Waals surface area contributed by atoms with Gasteiger partial charge in [0.15, 0.2) is 43.8 Å². The minimum Gasteiger partial charge on any atom is -0.394 e. The second-order valence-electron chi connectivity index (χ2n) is 17.1. The first-order valence-corrected chi connectivity index (χ1v) is 21.7. The van der Waals surface area contributed by atoms with Crippen LogP contribution < -0.4 is 0 Å². The number of aliphatic hydroxyl groups excluding tert-OH is 17. The second kappa shape index (κ2) is 23.5. The Bertz CT molecular complexity index is 1660. The number of isocyanates is 1. The van der Waals surface area contributed by atoms with E-state index in [1.54, 1.807) is 0 Å². The van der Waals surface area contributed by atoms with Gasteiger partial charge in [0.05, 0.1) is 39.6 Å². The third kappa shape index (κ3) is 10.8. The molecule has 0 aromatic rings. The first-order valence-electron chi connectivity index (χ1n) is 21.7. The predicted octanol–water partition coefficient (Wildman–Crippen LogP) is -12.8. The van der Waals surface area contributed by atoms with Gasteiger partial charge in [-0.3, -0.25) is 0 Å². The molecule has 32 heteroatoms. The maximum absolute atomic E-state index is 11.5. The van der Waals surface area contributed by atoms with Crippen LogP contribution in [0, 0.1) is 0 Å². The highest BCUT2D eigenvalue weighted by Gasteiger charge is 2.59. The summed E-state index contributed by atoms with van der Waals surface area (Å²) in [6, 6.07) is 0. The van der Waals surface area contributed by atoms with Crippen LogP contribution in [0.15, 0.2) is 5.16 Å². The standard InChI is InChI=1S/C37H59NO31/c39-1-8-25-14(46)19(51)32(57-8)64-26-9(2-40)59-34(21(53)16(26)48)66-28-11(4-42)61-36(23(55)18(28)50)68-30-13(6-44)62-37(24(56)31(30)69-38-7-45)67-29-12(5-43)60-35(22(54)17(29)49)65-27-10(3-41)58-33(63-25)20(52)15(27)47/h8-37,39-44,46-56H,1-6H2/t8-,9-,10-,11-,12-,13-,14-,15-,16-,17-,18-,19-,20-,21-,22-,23-,24-,25-,26-,27-,28-,29-,30+,31-,32-,33-,34-,35-,36-,37-/m1/s1. The Morgan fingerprint density at radius 2 is 0.507 bits per heavy atom. The normalized spacial score (nSPS) is 53.2. The van der Waals surface area contributed by atoms with Gasteiger partial charge >= 0.3 is 0 Å². The minimum atomic E-state index is -2.20. The number of nitrogens with zero attached hydrogens (tertiary/aromatic N) is 1. The Kier molecular flexibility index (Phi) is 18.6. The van der Waals surface area contributed by atoms with Crippen LogP contribution in [0.4, 0.5) is 0 Å². The number of hydrogen-bond acceptors (Lipinski definition) is 32. The van der Waals surface area contributed by atoms with Gasteiger partial charge in [0.2, 0.25) is 0 Å². The fourth-order valence-electron chi connectivity index (χ4n) is 9.11. The molecule has 0 aromatic heterocycles. The molecule has 22 rings (SSSR count). The van der Waals surface area contributed by atoms with Crippen molar-refractivity contribution in [2.24, 2.45) is 5.16 Å². The molecule has 22 aliphatic heterocycles. The van der Waals surface area contributed by atoms with Gasteiger partial charge in [-0.25, -0.2) is 4.79 Å². The predicted molar refractivity (Wildman–Crippen MR) is 203 cm³/mol. The molecule has 0 radical (unpaired) electrons.